The fourth-order valence-corrected chi connectivity index (χ4v) is 7.54. The number of hydrogen-bond donors (Lipinski definition) is 3. The summed E-state index contributed by atoms with van der Waals surface area (Å²) in [7, 11) is -4.36. The van der Waals surface area contributed by atoms with E-state index in [0.29, 0.717) is 70.0 Å². The maximum absolute atomic E-state index is 13.6. The second kappa shape index (κ2) is 16.1. The second-order valence-electron chi connectivity index (χ2n) is 12.7. The van der Waals surface area contributed by atoms with Gasteiger partial charge in [0, 0.05) is 76.8 Å². The van der Waals surface area contributed by atoms with Gasteiger partial charge in [-0.3, -0.25) is 19.8 Å². The lowest BCUT2D eigenvalue weighted by molar-refractivity contribution is -0.384. The molecule has 3 N–H and O–H groups in total. The van der Waals surface area contributed by atoms with Gasteiger partial charge in [-0.25, -0.2) is 13.1 Å². The van der Waals surface area contributed by atoms with Crippen LogP contribution >= 0.6 is 0 Å². The minimum Gasteiger partial charge on any atom is -0.456 e. The van der Waals surface area contributed by atoms with Gasteiger partial charge in [-0.15, -0.1) is 0 Å². The van der Waals surface area contributed by atoms with Gasteiger partial charge in [0.25, 0.3) is 21.6 Å². The molecule has 1 amide bonds. The van der Waals surface area contributed by atoms with Gasteiger partial charge in [0.1, 0.15) is 17.2 Å². The third-order valence-electron chi connectivity index (χ3n) is 9.44. The highest BCUT2D eigenvalue weighted by atomic mass is 32.2. The van der Waals surface area contributed by atoms with E-state index in [1.165, 1.54) is 18.2 Å². The average molecular weight is 730 g/mol. The fourth-order valence-electron chi connectivity index (χ4n) is 6.55. The average Bonchev–Trinajstić information content (AvgIpc) is 3.15. The lowest BCUT2D eigenvalue weighted by Gasteiger charge is -2.36. The van der Waals surface area contributed by atoms with E-state index in [-0.39, 0.29) is 23.0 Å². The van der Waals surface area contributed by atoms with Gasteiger partial charge in [-0.05, 0) is 60.3 Å². The lowest BCUT2D eigenvalue weighted by Crippen LogP contribution is -2.47. The van der Waals surface area contributed by atoms with Gasteiger partial charge < -0.3 is 29.3 Å². The van der Waals surface area contributed by atoms with Crippen molar-refractivity contribution in [3.63, 3.8) is 0 Å². The van der Waals surface area contributed by atoms with Gasteiger partial charge in [-0.2, -0.15) is 0 Å². The van der Waals surface area contributed by atoms with Crippen molar-refractivity contribution in [2.75, 3.05) is 56.2 Å². The molecular formula is C36H40BN5O9S. The van der Waals surface area contributed by atoms with Crippen LogP contribution in [0.3, 0.4) is 0 Å². The van der Waals surface area contributed by atoms with Crippen LogP contribution in [-0.4, -0.2) is 93.8 Å². The number of nitro groups is 1. The molecule has 0 aromatic heterocycles. The van der Waals surface area contributed by atoms with Crippen molar-refractivity contribution in [1.29, 1.82) is 0 Å². The molecule has 2 fully saturated rings. The Bertz CT molecular complexity index is 2000. The molecular weight excluding hydrogens is 689 g/mol. The minimum absolute atomic E-state index is 0.00569. The number of hydrogen-bond acceptors (Lipinski definition) is 12. The molecule has 0 unspecified atom stereocenters. The van der Waals surface area contributed by atoms with E-state index in [2.05, 4.69) is 14.5 Å². The summed E-state index contributed by atoms with van der Waals surface area (Å²) in [6.45, 7) is 4.24. The molecule has 16 heteroatoms. The molecule has 0 spiro atoms. The molecule has 4 aromatic carbocycles. The van der Waals surface area contributed by atoms with Gasteiger partial charge >= 0.3 is 7.12 Å². The molecule has 4 aromatic rings. The molecule has 6 rings (SSSR count). The standard InChI is InChI=1S/C36H40BN5O9S/c1-39(27-15-21-50-22-16-27)33-14-12-30(24-34(33)42(46)47)52(48,49)38-36(43)31-13-11-28(23-35(31)51-29-8-3-2-4-9-29)41-19-17-40(18-20-41)25-26-7-5-6-10-32(26)37(44)45/h2-14,23-24,27,44-45H,15-22,25H2,1H3,(H,38,43). The molecule has 2 aliphatic heterocycles. The summed E-state index contributed by atoms with van der Waals surface area (Å²) in [6.07, 6.45) is 1.36. The molecule has 0 saturated carbocycles. The van der Waals surface area contributed by atoms with Crippen LogP contribution in [0.25, 0.3) is 0 Å². The first-order valence-corrected chi connectivity index (χ1v) is 18.4. The predicted octanol–water partition coefficient (Wildman–Crippen LogP) is 3.12. The summed E-state index contributed by atoms with van der Waals surface area (Å²) in [5, 5.41) is 31.6. The van der Waals surface area contributed by atoms with E-state index >= 15 is 0 Å². The number of carbonyl (C=O) groups excluding carboxylic acids is 1. The molecule has 52 heavy (non-hydrogen) atoms. The first-order valence-electron chi connectivity index (χ1n) is 16.9. The summed E-state index contributed by atoms with van der Waals surface area (Å²) in [4.78, 5) is 30.8. The number of carbonyl (C=O) groups is 1. The van der Waals surface area contributed by atoms with E-state index in [9.17, 15) is 33.4 Å². The molecule has 2 saturated heterocycles. The number of nitrogens with zero attached hydrogens (tertiary/aromatic N) is 4. The number of anilines is 2. The number of benzene rings is 4. The highest BCUT2D eigenvalue weighted by Gasteiger charge is 2.29. The Morgan fingerprint density at radius 1 is 0.981 bits per heavy atom. The highest BCUT2D eigenvalue weighted by Crippen LogP contribution is 2.34. The van der Waals surface area contributed by atoms with Crippen molar-refractivity contribution in [2.45, 2.75) is 30.3 Å². The van der Waals surface area contributed by atoms with Gasteiger partial charge in [0.15, 0.2) is 0 Å². The molecule has 0 bridgehead atoms. The molecule has 0 radical (unpaired) electrons. The Kier molecular flexibility index (Phi) is 11.4. The van der Waals surface area contributed by atoms with Gasteiger partial charge in [-0.1, -0.05) is 42.5 Å². The number of rotatable bonds is 12. The molecule has 2 aliphatic rings. The Labute approximate surface area is 302 Å². The zero-order chi connectivity index (χ0) is 36.8. The van der Waals surface area contributed by atoms with Crippen LogP contribution in [0, 0.1) is 10.1 Å². The smallest absolute Gasteiger partial charge is 0.456 e. The first kappa shape index (κ1) is 36.8. The summed E-state index contributed by atoms with van der Waals surface area (Å²) >= 11 is 0. The van der Waals surface area contributed by atoms with Crippen LogP contribution in [0.4, 0.5) is 17.1 Å². The number of amides is 1. The van der Waals surface area contributed by atoms with E-state index in [1.807, 2.05) is 18.2 Å². The van der Waals surface area contributed by atoms with Crippen LogP contribution in [0.2, 0.25) is 0 Å². The monoisotopic (exact) mass is 729 g/mol. The van der Waals surface area contributed by atoms with Crippen molar-refractivity contribution < 1.29 is 37.7 Å². The summed E-state index contributed by atoms with van der Waals surface area (Å²) < 4.78 is 40.6. The number of ether oxygens (including phenoxy) is 2. The van der Waals surface area contributed by atoms with E-state index < -0.39 is 38.6 Å². The summed E-state index contributed by atoms with van der Waals surface area (Å²) in [5.74, 6) is -0.395. The van der Waals surface area contributed by atoms with Crippen LogP contribution in [0.15, 0.2) is 95.9 Å². The maximum atomic E-state index is 13.6. The zero-order valence-corrected chi connectivity index (χ0v) is 29.4. The van der Waals surface area contributed by atoms with Gasteiger partial charge in [0.05, 0.1) is 15.4 Å². The number of nitrogens with one attached hydrogen (secondary N) is 1. The van der Waals surface area contributed by atoms with Crippen LogP contribution in [-0.2, 0) is 21.3 Å². The number of sulfonamides is 1. The van der Waals surface area contributed by atoms with E-state index in [0.717, 1.165) is 17.3 Å². The summed E-state index contributed by atoms with van der Waals surface area (Å²) in [6, 6.07) is 24.5. The molecule has 14 nitrogen and oxygen atoms in total. The van der Waals surface area contributed by atoms with E-state index in [4.69, 9.17) is 9.47 Å². The van der Waals surface area contributed by atoms with Crippen LogP contribution in [0.1, 0.15) is 28.8 Å². The Morgan fingerprint density at radius 2 is 1.67 bits per heavy atom. The lowest BCUT2D eigenvalue weighted by atomic mass is 9.77. The maximum Gasteiger partial charge on any atom is 0.488 e. The topological polar surface area (TPSA) is 175 Å². The summed E-state index contributed by atoms with van der Waals surface area (Å²) in [5.41, 5.74) is 1.90. The molecule has 0 atom stereocenters. The van der Waals surface area contributed by atoms with Crippen molar-refractivity contribution in [3.8, 4) is 11.5 Å². The zero-order valence-electron chi connectivity index (χ0n) is 28.6. The molecule has 2 heterocycles. The number of nitro benzene ring substituents is 1. The number of para-hydroxylation sites is 1. The van der Waals surface area contributed by atoms with Gasteiger partial charge in [0.2, 0.25) is 0 Å². The van der Waals surface area contributed by atoms with Crippen molar-refractivity contribution in [2.24, 2.45) is 0 Å². The SMILES string of the molecule is CN(c1ccc(S(=O)(=O)NC(=O)c2ccc(N3CCN(Cc4ccccc4B(O)O)CC3)cc2Oc2ccccc2)cc1[N+](=O)[O-])C1CCOCC1. The Morgan fingerprint density at radius 3 is 2.37 bits per heavy atom. The number of piperazine rings is 1. The van der Waals surface area contributed by atoms with Crippen molar-refractivity contribution >= 4 is 45.6 Å². The minimum atomic E-state index is -4.54. The fraction of sp³-hybridized carbons (Fsp3) is 0.306. The molecule has 272 valence electrons. The van der Waals surface area contributed by atoms with Crippen LogP contribution < -0.4 is 24.7 Å². The third-order valence-corrected chi connectivity index (χ3v) is 10.8. The Balaban J connectivity index is 1.20. The van der Waals surface area contributed by atoms with Crippen molar-refractivity contribution in [1.82, 2.24) is 9.62 Å². The highest BCUT2D eigenvalue weighted by molar-refractivity contribution is 7.90. The second-order valence-corrected chi connectivity index (χ2v) is 14.4. The largest absolute Gasteiger partial charge is 0.488 e. The first-order chi connectivity index (χ1) is 25.0. The quantitative estimate of drug-likeness (QED) is 0.111. The van der Waals surface area contributed by atoms with E-state index in [1.54, 1.807) is 60.5 Å². The van der Waals surface area contributed by atoms with Crippen LogP contribution in [0.5, 0.6) is 11.5 Å². The normalized spacial score (nSPS) is 15.6. The predicted molar refractivity (Wildman–Crippen MR) is 197 cm³/mol. The molecule has 0 aliphatic carbocycles. The Hall–Kier alpha value is -5.00. The van der Waals surface area contributed by atoms with Crippen molar-refractivity contribution in [3.05, 3.63) is 112 Å². The third kappa shape index (κ3) is 8.54.